The summed E-state index contributed by atoms with van der Waals surface area (Å²) in [7, 11) is -4.58. The monoisotopic (exact) mass is 686 g/mol. The van der Waals surface area contributed by atoms with E-state index in [2.05, 4.69) is 0 Å². The lowest BCUT2D eigenvalue weighted by atomic mass is 9.78. The van der Waals surface area contributed by atoms with Crippen molar-refractivity contribution in [1.29, 1.82) is 0 Å². The molecule has 0 amide bonds. The Bertz CT molecular complexity index is 1710. The lowest BCUT2D eigenvalue weighted by Gasteiger charge is -2.34. The molecule has 260 valence electrons. The zero-order chi connectivity index (χ0) is 34.9. The molecule has 48 heavy (non-hydrogen) atoms. The third-order valence-corrected chi connectivity index (χ3v) is 11.9. The third-order valence-electron chi connectivity index (χ3n) is 10.9. The van der Waals surface area contributed by atoms with Gasteiger partial charge in [-0.05, 0) is 91.3 Å². The number of hydrogen-bond acceptors (Lipinski definition) is 9. The van der Waals surface area contributed by atoms with Gasteiger partial charge in [0.2, 0.25) is 0 Å². The van der Waals surface area contributed by atoms with Crippen LogP contribution in [0.15, 0.2) is 35.2 Å². The first kappa shape index (κ1) is 34.4. The first-order chi connectivity index (χ1) is 22.5. The Labute approximate surface area is 280 Å². The van der Waals surface area contributed by atoms with E-state index in [9.17, 15) is 31.7 Å². The Hall–Kier alpha value is -3.51. The van der Waals surface area contributed by atoms with Crippen LogP contribution in [0.4, 0.5) is 4.39 Å². The number of fused-ring (bicyclic) bond motifs is 1. The van der Waals surface area contributed by atoms with Gasteiger partial charge in [0.05, 0.1) is 17.4 Å². The standard InChI is InChI=1S/C36H43FO10S/c1-17(2)22-14-21(15-23(18(3)4)32(22)48(41,42)43)44-34(39)28-24-16-25-29(28)35(40)46-31(25)30(24)45-33(38)20-9-10-26(37)27(13-20)47-36(19(5)6)11-7-8-12-36/h9-10,13-15,17-19,24-25,28-31H,7-8,11-12,16H2,1-6H3,(H,41,42,43). The van der Waals surface area contributed by atoms with Crippen LogP contribution in [0.25, 0.3) is 0 Å². The molecule has 2 aromatic carbocycles. The van der Waals surface area contributed by atoms with Gasteiger partial charge in [0.15, 0.2) is 11.6 Å². The van der Waals surface area contributed by atoms with Crippen LogP contribution in [0.1, 0.15) is 107 Å². The molecule has 1 saturated heterocycles. The molecule has 2 aromatic rings. The molecule has 1 heterocycles. The largest absolute Gasteiger partial charge is 0.484 e. The van der Waals surface area contributed by atoms with Gasteiger partial charge in [-0.3, -0.25) is 14.1 Å². The van der Waals surface area contributed by atoms with Crippen molar-refractivity contribution in [1.82, 2.24) is 0 Å². The summed E-state index contributed by atoms with van der Waals surface area (Å²) < 4.78 is 73.3. The van der Waals surface area contributed by atoms with Gasteiger partial charge in [-0.1, -0.05) is 41.5 Å². The fourth-order valence-corrected chi connectivity index (χ4v) is 9.59. The van der Waals surface area contributed by atoms with Crippen LogP contribution >= 0.6 is 0 Å². The summed E-state index contributed by atoms with van der Waals surface area (Å²) in [4.78, 5) is 40.1. The number of rotatable bonds is 10. The van der Waals surface area contributed by atoms with E-state index in [-0.39, 0.29) is 45.6 Å². The van der Waals surface area contributed by atoms with Crippen LogP contribution in [0.5, 0.6) is 11.5 Å². The predicted octanol–water partition coefficient (Wildman–Crippen LogP) is 6.61. The highest BCUT2D eigenvalue weighted by Gasteiger charge is 2.70. The second-order valence-corrected chi connectivity index (χ2v) is 16.1. The summed E-state index contributed by atoms with van der Waals surface area (Å²) in [5, 5.41) is 0. The Morgan fingerprint density at radius 2 is 1.60 bits per heavy atom. The van der Waals surface area contributed by atoms with E-state index < -0.39 is 69.4 Å². The van der Waals surface area contributed by atoms with Gasteiger partial charge in [0.1, 0.15) is 28.5 Å². The molecule has 0 aromatic heterocycles. The van der Waals surface area contributed by atoms with E-state index in [1.807, 2.05) is 13.8 Å². The highest BCUT2D eigenvalue weighted by atomic mass is 32.2. The van der Waals surface area contributed by atoms with Crippen LogP contribution in [0.3, 0.4) is 0 Å². The maximum absolute atomic E-state index is 14.9. The lowest BCUT2D eigenvalue weighted by Crippen LogP contribution is -2.44. The summed E-state index contributed by atoms with van der Waals surface area (Å²) in [6, 6.07) is 6.67. The van der Waals surface area contributed by atoms with Gasteiger partial charge in [0, 0.05) is 11.8 Å². The maximum Gasteiger partial charge on any atom is 0.338 e. The zero-order valence-electron chi connectivity index (χ0n) is 28.0. The molecule has 0 radical (unpaired) electrons. The summed E-state index contributed by atoms with van der Waals surface area (Å²) in [6.45, 7) is 11.1. The molecule has 0 spiro atoms. The van der Waals surface area contributed by atoms with Crippen LogP contribution in [0, 0.1) is 35.4 Å². The van der Waals surface area contributed by atoms with E-state index in [1.165, 1.54) is 30.3 Å². The van der Waals surface area contributed by atoms with Gasteiger partial charge in [-0.2, -0.15) is 8.42 Å². The summed E-state index contributed by atoms with van der Waals surface area (Å²) in [5.74, 6) is -5.74. The topological polar surface area (TPSA) is 142 Å². The zero-order valence-corrected chi connectivity index (χ0v) is 28.8. The SMILES string of the molecule is CC(C)c1cc(OC(=O)C2C3CC4C(OC(=O)C42)C3OC(=O)c2ccc(F)c(OC3(C(C)C)CCCC3)c2)cc(C(C)C)c1S(=O)(=O)O. The molecule has 12 heteroatoms. The first-order valence-corrected chi connectivity index (χ1v) is 18.2. The van der Waals surface area contributed by atoms with Crippen LogP contribution in [-0.2, 0) is 29.2 Å². The number of hydrogen-bond donors (Lipinski definition) is 1. The van der Waals surface area contributed by atoms with Gasteiger partial charge >= 0.3 is 17.9 Å². The minimum Gasteiger partial charge on any atom is -0.484 e. The average Bonchev–Trinajstić information content (AvgIpc) is 3.76. The fraction of sp³-hybridized carbons (Fsp3) is 0.583. The fourth-order valence-electron chi connectivity index (χ4n) is 8.40. The van der Waals surface area contributed by atoms with Crippen LogP contribution in [-0.4, -0.2) is 48.7 Å². The van der Waals surface area contributed by atoms with Crippen LogP contribution in [0.2, 0.25) is 0 Å². The molecular weight excluding hydrogens is 643 g/mol. The Kier molecular flexibility index (Phi) is 8.89. The van der Waals surface area contributed by atoms with Crippen molar-refractivity contribution in [2.24, 2.45) is 29.6 Å². The number of esters is 3. The first-order valence-electron chi connectivity index (χ1n) is 16.8. The van der Waals surface area contributed by atoms with E-state index >= 15 is 0 Å². The number of ether oxygens (including phenoxy) is 4. The Morgan fingerprint density at radius 1 is 0.979 bits per heavy atom. The van der Waals surface area contributed by atoms with E-state index in [0.29, 0.717) is 17.5 Å². The molecule has 6 unspecified atom stereocenters. The van der Waals surface area contributed by atoms with Gasteiger partial charge in [-0.15, -0.1) is 0 Å². The molecule has 4 fully saturated rings. The molecule has 2 bridgehead atoms. The quantitative estimate of drug-likeness (QED) is 0.165. The smallest absolute Gasteiger partial charge is 0.338 e. The summed E-state index contributed by atoms with van der Waals surface area (Å²) in [5.41, 5.74) is 0.142. The molecule has 6 atom stereocenters. The molecule has 3 saturated carbocycles. The van der Waals surface area contributed by atoms with Gasteiger partial charge in [-0.25, -0.2) is 9.18 Å². The molecule has 6 rings (SSSR count). The molecular formula is C36H43FO10S. The van der Waals surface area contributed by atoms with Crippen molar-refractivity contribution < 1.29 is 50.7 Å². The normalized spacial score (nSPS) is 27.2. The van der Waals surface area contributed by atoms with E-state index in [1.54, 1.807) is 27.7 Å². The average molecular weight is 687 g/mol. The lowest BCUT2D eigenvalue weighted by molar-refractivity contribution is -0.149. The highest BCUT2D eigenvalue weighted by Crippen LogP contribution is 2.59. The third kappa shape index (κ3) is 5.88. The van der Waals surface area contributed by atoms with Gasteiger partial charge < -0.3 is 18.9 Å². The molecule has 1 N–H and O–H groups in total. The molecule has 3 aliphatic carbocycles. The second-order valence-electron chi connectivity index (χ2n) is 14.7. The van der Waals surface area contributed by atoms with Crippen molar-refractivity contribution in [2.45, 2.75) is 108 Å². The minimum absolute atomic E-state index is 0.0247. The Balaban J connectivity index is 1.24. The minimum atomic E-state index is -4.58. The molecule has 10 nitrogen and oxygen atoms in total. The summed E-state index contributed by atoms with van der Waals surface area (Å²) >= 11 is 0. The number of carbonyl (C=O) groups excluding carboxylic acids is 3. The Morgan fingerprint density at radius 3 is 2.17 bits per heavy atom. The molecule has 4 aliphatic rings. The highest BCUT2D eigenvalue weighted by molar-refractivity contribution is 7.86. The van der Waals surface area contributed by atoms with E-state index in [4.69, 9.17) is 18.9 Å². The van der Waals surface area contributed by atoms with Crippen molar-refractivity contribution in [2.75, 3.05) is 0 Å². The maximum atomic E-state index is 14.9. The summed E-state index contributed by atoms with van der Waals surface area (Å²) in [6.07, 6.45) is 2.30. The molecule has 1 aliphatic heterocycles. The van der Waals surface area contributed by atoms with Gasteiger partial charge in [0.25, 0.3) is 10.1 Å². The van der Waals surface area contributed by atoms with Crippen LogP contribution < -0.4 is 9.47 Å². The number of carbonyl (C=O) groups is 3. The van der Waals surface area contributed by atoms with E-state index in [0.717, 1.165) is 25.7 Å². The van der Waals surface area contributed by atoms with Crippen molar-refractivity contribution >= 4 is 28.0 Å². The predicted molar refractivity (Wildman–Crippen MR) is 171 cm³/mol. The number of halogens is 1. The van der Waals surface area contributed by atoms with Crippen molar-refractivity contribution in [3.05, 3.63) is 52.8 Å². The second kappa shape index (κ2) is 12.4. The van der Waals surface area contributed by atoms with Crippen molar-refractivity contribution in [3.8, 4) is 11.5 Å². The number of benzene rings is 2. The van der Waals surface area contributed by atoms with Crippen molar-refractivity contribution in [3.63, 3.8) is 0 Å².